The highest BCUT2D eigenvalue weighted by atomic mass is 32.2. The van der Waals surface area contributed by atoms with Crippen molar-refractivity contribution in [2.75, 3.05) is 18.5 Å². The molecule has 2 N–H and O–H groups in total. The number of carbonyl (C=O) groups is 1. The number of hydrogen-bond donors (Lipinski definition) is 2. The van der Waals surface area contributed by atoms with Crippen LogP contribution in [0.4, 0.5) is 5.82 Å². The summed E-state index contributed by atoms with van der Waals surface area (Å²) < 4.78 is 32.7. The molecule has 0 bridgehead atoms. The van der Waals surface area contributed by atoms with E-state index in [0.717, 1.165) is 22.2 Å². The van der Waals surface area contributed by atoms with Gasteiger partial charge in [-0.15, -0.1) is 0 Å². The fourth-order valence-corrected chi connectivity index (χ4v) is 5.07. The third-order valence-corrected chi connectivity index (χ3v) is 7.33. The van der Waals surface area contributed by atoms with E-state index < -0.39 is 22.5 Å². The highest BCUT2D eigenvalue weighted by Crippen LogP contribution is 2.34. The van der Waals surface area contributed by atoms with E-state index in [0.29, 0.717) is 23.4 Å². The molecule has 0 aliphatic heterocycles. The van der Waals surface area contributed by atoms with Gasteiger partial charge in [0.1, 0.15) is 17.3 Å². The Kier molecular flexibility index (Phi) is 8.04. The van der Waals surface area contributed by atoms with Crippen LogP contribution in [0.2, 0.25) is 0 Å². The average Bonchev–Trinajstić information content (AvgIpc) is 2.99. The summed E-state index contributed by atoms with van der Waals surface area (Å²) in [5.74, 6) is 0.181. The molecule has 0 unspecified atom stereocenters. The van der Waals surface area contributed by atoms with Gasteiger partial charge in [-0.25, -0.2) is 18.4 Å². The molecule has 0 radical (unpaired) electrons. The number of pyridine rings is 2. The molecule has 2 aromatic carbocycles. The Morgan fingerprint density at radius 2 is 1.75 bits per heavy atom. The molecule has 0 saturated heterocycles. The Hall–Kier alpha value is -4.74. The van der Waals surface area contributed by atoms with Crippen LogP contribution in [0.5, 0.6) is 0 Å². The number of fused-ring (bicyclic) bond motifs is 1. The Morgan fingerprint density at radius 1 is 0.925 bits per heavy atom. The fourth-order valence-electron chi connectivity index (χ4n) is 4.11. The molecule has 0 amide bonds. The van der Waals surface area contributed by atoms with E-state index in [1.165, 1.54) is 18.5 Å². The van der Waals surface area contributed by atoms with Gasteiger partial charge in [0.05, 0.1) is 29.7 Å². The quantitative estimate of drug-likeness (QED) is 0.243. The molecule has 40 heavy (non-hydrogen) atoms. The lowest BCUT2D eigenvalue weighted by atomic mass is 10.0. The Morgan fingerprint density at radius 3 is 2.52 bits per heavy atom. The molecule has 3 heterocycles. The molecule has 0 aliphatic rings. The summed E-state index contributed by atoms with van der Waals surface area (Å²) in [6, 6.07) is 22.9. The zero-order chi connectivity index (χ0) is 28.0. The Labute approximate surface area is 231 Å². The molecule has 10 nitrogen and oxygen atoms in total. The lowest BCUT2D eigenvalue weighted by molar-refractivity contribution is -0.141. The molecule has 5 aromatic rings. The summed E-state index contributed by atoms with van der Waals surface area (Å²) in [7, 11) is -4.04. The van der Waals surface area contributed by atoms with Crippen molar-refractivity contribution in [3.63, 3.8) is 0 Å². The third-order valence-electron chi connectivity index (χ3n) is 5.96. The van der Waals surface area contributed by atoms with Crippen molar-refractivity contribution in [2.24, 2.45) is 0 Å². The van der Waals surface area contributed by atoms with E-state index in [9.17, 15) is 13.2 Å². The molecule has 11 heteroatoms. The van der Waals surface area contributed by atoms with Gasteiger partial charge in [-0.2, -0.15) is 4.72 Å². The number of rotatable bonds is 10. The lowest BCUT2D eigenvalue weighted by Crippen LogP contribution is -2.30. The molecule has 0 fully saturated rings. The molecular weight excluding hydrogens is 528 g/mol. The van der Waals surface area contributed by atoms with Gasteiger partial charge >= 0.3 is 5.97 Å². The van der Waals surface area contributed by atoms with E-state index in [1.807, 2.05) is 66.7 Å². The second-order valence-corrected chi connectivity index (χ2v) is 10.4. The van der Waals surface area contributed by atoms with Crippen LogP contribution in [0, 0.1) is 0 Å². The third kappa shape index (κ3) is 6.11. The van der Waals surface area contributed by atoms with Crippen LogP contribution in [0.1, 0.15) is 12.6 Å². The maximum absolute atomic E-state index is 12.8. The summed E-state index contributed by atoms with van der Waals surface area (Å²) in [4.78, 5) is 29.6. The first kappa shape index (κ1) is 26.9. The summed E-state index contributed by atoms with van der Waals surface area (Å²) in [6.07, 6.45) is 4.42. The number of nitrogens with zero attached hydrogens (tertiary/aromatic N) is 4. The van der Waals surface area contributed by atoms with Crippen molar-refractivity contribution in [3.05, 3.63) is 97.1 Å². The number of nitrogens with one attached hydrogen (secondary N) is 2. The number of anilines is 1. The van der Waals surface area contributed by atoms with Crippen LogP contribution in [-0.2, 0) is 26.1 Å². The molecular formula is C29H26N6O4S. The van der Waals surface area contributed by atoms with Gasteiger partial charge in [0.25, 0.3) is 0 Å². The number of benzene rings is 2. The highest BCUT2D eigenvalue weighted by molar-refractivity contribution is 7.89. The van der Waals surface area contributed by atoms with Crippen LogP contribution in [0.15, 0.2) is 96.3 Å². The minimum Gasteiger partial charge on any atom is -0.465 e. The van der Waals surface area contributed by atoms with Gasteiger partial charge in [0.15, 0.2) is 5.82 Å². The number of esters is 1. The van der Waals surface area contributed by atoms with Crippen molar-refractivity contribution in [3.8, 4) is 22.5 Å². The smallest absolute Gasteiger partial charge is 0.321 e. The largest absolute Gasteiger partial charge is 0.465 e. The van der Waals surface area contributed by atoms with Crippen LogP contribution in [0.25, 0.3) is 33.4 Å². The first-order valence-corrected chi connectivity index (χ1v) is 14.0. The van der Waals surface area contributed by atoms with Crippen molar-refractivity contribution < 1.29 is 17.9 Å². The number of aromatic nitrogens is 4. The zero-order valence-corrected chi connectivity index (χ0v) is 22.4. The maximum atomic E-state index is 12.8. The van der Waals surface area contributed by atoms with Gasteiger partial charge in [-0.05, 0) is 42.3 Å². The van der Waals surface area contributed by atoms with Crippen LogP contribution in [0.3, 0.4) is 0 Å². The summed E-state index contributed by atoms with van der Waals surface area (Å²) in [5, 5.41) is 4.22. The predicted molar refractivity (Wildman–Crippen MR) is 152 cm³/mol. The number of hydrogen-bond acceptors (Lipinski definition) is 9. The van der Waals surface area contributed by atoms with Crippen molar-refractivity contribution in [1.82, 2.24) is 24.7 Å². The number of sulfonamides is 1. The number of carbonyl (C=O) groups excluding carboxylic acids is 1. The van der Waals surface area contributed by atoms with Crippen molar-refractivity contribution >= 4 is 32.7 Å². The molecule has 3 aromatic heterocycles. The molecule has 0 atom stereocenters. The molecule has 202 valence electrons. The molecule has 0 saturated carbocycles. The molecule has 0 spiro atoms. The van der Waals surface area contributed by atoms with Gasteiger partial charge in [0.2, 0.25) is 10.0 Å². The van der Waals surface area contributed by atoms with E-state index >= 15 is 0 Å². The lowest BCUT2D eigenvalue weighted by Gasteiger charge is -2.15. The van der Waals surface area contributed by atoms with Crippen LogP contribution < -0.4 is 10.0 Å². The Balaban J connectivity index is 1.57. The summed E-state index contributed by atoms with van der Waals surface area (Å²) >= 11 is 0. The number of ether oxygens (including phenoxy) is 1. The van der Waals surface area contributed by atoms with Crippen LogP contribution in [-0.4, -0.2) is 47.5 Å². The normalized spacial score (nSPS) is 11.3. The fraction of sp³-hybridized carbons (Fsp3) is 0.138. The summed E-state index contributed by atoms with van der Waals surface area (Å²) in [6.45, 7) is 1.72. The monoisotopic (exact) mass is 554 g/mol. The molecule has 0 aliphatic carbocycles. The van der Waals surface area contributed by atoms with E-state index in [-0.39, 0.29) is 17.3 Å². The van der Waals surface area contributed by atoms with Gasteiger partial charge in [-0.1, -0.05) is 48.5 Å². The van der Waals surface area contributed by atoms with E-state index in [1.54, 1.807) is 13.1 Å². The SMILES string of the molecule is CCOC(=O)CNS(=O)(=O)c1cncc(-c2nc(NCc3ccccn3)c3c(-c4ccccc4)cccc3n2)c1. The summed E-state index contributed by atoms with van der Waals surface area (Å²) in [5.41, 5.74) is 3.85. The first-order chi connectivity index (χ1) is 19.4. The maximum Gasteiger partial charge on any atom is 0.321 e. The zero-order valence-electron chi connectivity index (χ0n) is 21.6. The van der Waals surface area contributed by atoms with Gasteiger partial charge in [-0.3, -0.25) is 14.8 Å². The van der Waals surface area contributed by atoms with Crippen molar-refractivity contribution in [1.29, 1.82) is 0 Å². The topological polar surface area (TPSA) is 136 Å². The van der Waals surface area contributed by atoms with E-state index in [2.05, 4.69) is 20.0 Å². The first-order valence-electron chi connectivity index (χ1n) is 12.6. The highest BCUT2D eigenvalue weighted by Gasteiger charge is 2.19. The van der Waals surface area contributed by atoms with Gasteiger partial charge in [0, 0.05) is 24.2 Å². The Bertz CT molecular complexity index is 1750. The second-order valence-electron chi connectivity index (χ2n) is 8.68. The predicted octanol–water partition coefficient (Wildman–Crippen LogP) is 4.21. The minimum absolute atomic E-state index is 0.126. The second kappa shape index (κ2) is 12.0. The van der Waals surface area contributed by atoms with Crippen molar-refractivity contribution in [2.45, 2.75) is 18.4 Å². The van der Waals surface area contributed by atoms with Gasteiger partial charge < -0.3 is 10.1 Å². The molecule has 5 rings (SSSR count). The van der Waals surface area contributed by atoms with Crippen LogP contribution >= 0.6 is 0 Å². The minimum atomic E-state index is -4.04. The van der Waals surface area contributed by atoms with E-state index in [4.69, 9.17) is 14.7 Å². The average molecular weight is 555 g/mol. The standard InChI is InChI=1S/C29H26N6O4S/c1-2-39-26(36)19-33-40(37,38)23-15-21(16-30-18-23)28-34-25-13-8-12-24(20-9-4-3-5-10-20)27(25)29(35-28)32-17-22-11-6-7-14-31-22/h3-16,18,33H,2,17,19H2,1H3,(H,32,34,35).